The highest BCUT2D eigenvalue weighted by Gasteiger charge is 2.23. The second-order valence-corrected chi connectivity index (χ2v) is 5.64. The molecule has 0 atom stereocenters. The van der Waals surface area contributed by atoms with Gasteiger partial charge in [-0.1, -0.05) is 48.0 Å². The molecule has 0 aromatic heterocycles. The first-order valence-corrected chi connectivity index (χ1v) is 7.10. The van der Waals surface area contributed by atoms with Gasteiger partial charge in [-0.2, -0.15) is 0 Å². The fraction of sp³-hybridized carbons (Fsp3) is 0.211. The number of hydrogen-bond donors (Lipinski definition) is 0. The summed E-state index contributed by atoms with van der Waals surface area (Å²) in [6, 6.07) is 13.3. The van der Waals surface area contributed by atoms with Gasteiger partial charge >= 0.3 is 0 Å². The molecular formula is C19H17. The van der Waals surface area contributed by atoms with Crippen LogP contribution in [0.5, 0.6) is 0 Å². The molecule has 0 heteroatoms. The summed E-state index contributed by atoms with van der Waals surface area (Å²) >= 11 is 0. The molecular weight excluding hydrogens is 228 g/mol. The molecule has 2 aromatic carbocycles. The molecule has 0 bridgehead atoms. The Morgan fingerprint density at radius 3 is 2.68 bits per heavy atom. The van der Waals surface area contributed by atoms with Crippen molar-refractivity contribution in [1.29, 1.82) is 0 Å². The van der Waals surface area contributed by atoms with Crippen LogP contribution in [0.2, 0.25) is 0 Å². The highest BCUT2D eigenvalue weighted by atomic mass is 14.3. The predicted octanol–water partition coefficient (Wildman–Crippen LogP) is 4.81. The van der Waals surface area contributed by atoms with Gasteiger partial charge in [0.2, 0.25) is 0 Å². The molecule has 0 fully saturated rings. The Balaban J connectivity index is 2.04. The number of benzene rings is 2. The minimum Gasteiger partial charge on any atom is -0.0642 e. The first kappa shape index (κ1) is 11.0. The van der Waals surface area contributed by atoms with Crippen molar-refractivity contribution in [2.45, 2.75) is 26.2 Å². The Kier molecular flexibility index (Phi) is 2.38. The fourth-order valence-corrected chi connectivity index (χ4v) is 3.51. The molecule has 0 N–H and O–H groups in total. The van der Waals surface area contributed by atoms with Crippen LogP contribution in [0.4, 0.5) is 0 Å². The molecule has 0 spiro atoms. The van der Waals surface area contributed by atoms with Gasteiger partial charge in [-0.3, -0.25) is 0 Å². The molecule has 0 saturated carbocycles. The van der Waals surface area contributed by atoms with Crippen LogP contribution in [0.3, 0.4) is 0 Å². The van der Waals surface area contributed by atoms with Gasteiger partial charge in [0.1, 0.15) is 0 Å². The lowest BCUT2D eigenvalue weighted by Gasteiger charge is -2.14. The van der Waals surface area contributed by atoms with E-state index in [1.165, 1.54) is 47.1 Å². The van der Waals surface area contributed by atoms with Crippen molar-refractivity contribution in [3.8, 4) is 11.1 Å². The Hall–Kier alpha value is -1.82. The molecule has 0 saturated heterocycles. The van der Waals surface area contributed by atoms with Crippen LogP contribution in [-0.4, -0.2) is 0 Å². The molecule has 2 aromatic rings. The van der Waals surface area contributed by atoms with Gasteiger partial charge < -0.3 is 0 Å². The summed E-state index contributed by atoms with van der Waals surface area (Å²) in [7, 11) is 0. The normalized spacial score (nSPS) is 16.2. The first-order valence-electron chi connectivity index (χ1n) is 7.10. The molecule has 0 aliphatic heterocycles. The molecule has 2 aliphatic carbocycles. The summed E-state index contributed by atoms with van der Waals surface area (Å²) in [5, 5.41) is 0. The lowest BCUT2D eigenvalue weighted by atomic mass is 9.90. The SMILES string of the molecule is CC1=Cc2c(cc3c(c2-c2ccccc2)CCC3)[CH]1. The number of aryl methyl sites for hydroxylation is 1. The molecule has 0 amide bonds. The van der Waals surface area contributed by atoms with E-state index in [0.717, 1.165) is 0 Å². The van der Waals surface area contributed by atoms with Crippen molar-refractivity contribution in [3.05, 3.63) is 70.6 Å². The zero-order valence-corrected chi connectivity index (χ0v) is 11.2. The third-order valence-electron chi connectivity index (χ3n) is 4.29. The monoisotopic (exact) mass is 245 g/mol. The molecule has 0 unspecified atom stereocenters. The third kappa shape index (κ3) is 1.67. The van der Waals surface area contributed by atoms with Crippen molar-refractivity contribution in [1.82, 2.24) is 0 Å². The summed E-state index contributed by atoms with van der Waals surface area (Å²) in [6.07, 6.45) is 8.45. The average molecular weight is 245 g/mol. The average Bonchev–Trinajstić information content (AvgIpc) is 3.01. The van der Waals surface area contributed by atoms with Gasteiger partial charge in [0.05, 0.1) is 0 Å². The maximum Gasteiger partial charge on any atom is 0.0161 e. The number of hydrogen-bond acceptors (Lipinski definition) is 0. The molecule has 0 heterocycles. The topological polar surface area (TPSA) is 0 Å². The van der Waals surface area contributed by atoms with Crippen molar-refractivity contribution >= 4 is 6.08 Å². The Labute approximate surface area is 114 Å². The molecule has 0 nitrogen and oxygen atoms in total. The van der Waals surface area contributed by atoms with Gasteiger partial charge in [-0.15, -0.1) is 0 Å². The highest BCUT2D eigenvalue weighted by molar-refractivity contribution is 5.86. The van der Waals surface area contributed by atoms with E-state index in [-0.39, 0.29) is 0 Å². The third-order valence-corrected chi connectivity index (χ3v) is 4.29. The van der Waals surface area contributed by atoms with Crippen LogP contribution in [0, 0.1) is 6.42 Å². The zero-order chi connectivity index (χ0) is 12.8. The summed E-state index contributed by atoms with van der Waals surface area (Å²) in [4.78, 5) is 0. The van der Waals surface area contributed by atoms with E-state index in [1.807, 2.05) is 0 Å². The highest BCUT2D eigenvalue weighted by Crippen LogP contribution is 2.42. The van der Waals surface area contributed by atoms with Crippen LogP contribution in [0.15, 0.2) is 42.0 Å². The maximum atomic E-state index is 2.41. The van der Waals surface area contributed by atoms with Gasteiger partial charge in [-0.05, 0) is 59.6 Å². The quantitative estimate of drug-likeness (QED) is 0.676. The number of allylic oxidation sites excluding steroid dienone is 1. The van der Waals surface area contributed by atoms with E-state index in [9.17, 15) is 0 Å². The van der Waals surface area contributed by atoms with Crippen molar-refractivity contribution in [3.63, 3.8) is 0 Å². The number of rotatable bonds is 1. The van der Waals surface area contributed by atoms with Crippen molar-refractivity contribution < 1.29 is 0 Å². The largest absolute Gasteiger partial charge is 0.0642 e. The van der Waals surface area contributed by atoms with E-state index < -0.39 is 0 Å². The summed E-state index contributed by atoms with van der Waals surface area (Å²) in [6.45, 7) is 2.19. The van der Waals surface area contributed by atoms with E-state index in [1.54, 1.807) is 11.1 Å². The van der Waals surface area contributed by atoms with Gasteiger partial charge in [0.15, 0.2) is 0 Å². The Morgan fingerprint density at radius 1 is 1.00 bits per heavy atom. The Morgan fingerprint density at radius 2 is 1.84 bits per heavy atom. The van der Waals surface area contributed by atoms with Crippen molar-refractivity contribution in [2.75, 3.05) is 0 Å². The van der Waals surface area contributed by atoms with Crippen LogP contribution < -0.4 is 0 Å². The van der Waals surface area contributed by atoms with Crippen LogP contribution in [-0.2, 0) is 12.8 Å². The second kappa shape index (κ2) is 4.09. The first-order chi connectivity index (χ1) is 9.33. The van der Waals surface area contributed by atoms with Crippen LogP contribution in [0.25, 0.3) is 17.2 Å². The van der Waals surface area contributed by atoms with Crippen LogP contribution >= 0.6 is 0 Å². The lowest BCUT2D eigenvalue weighted by molar-refractivity contribution is 0.912. The van der Waals surface area contributed by atoms with Gasteiger partial charge in [0.25, 0.3) is 0 Å². The molecule has 1 radical (unpaired) electrons. The number of fused-ring (bicyclic) bond motifs is 2. The van der Waals surface area contributed by atoms with E-state index >= 15 is 0 Å². The molecule has 19 heavy (non-hydrogen) atoms. The van der Waals surface area contributed by atoms with Crippen LogP contribution in [0.1, 0.15) is 35.6 Å². The van der Waals surface area contributed by atoms with E-state index in [0.29, 0.717) is 0 Å². The fourth-order valence-electron chi connectivity index (χ4n) is 3.51. The zero-order valence-electron chi connectivity index (χ0n) is 11.2. The maximum absolute atomic E-state index is 2.41. The van der Waals surface area contributed by atoms with E-state index in [4.69, 9.17) is 0 Å². The van der Waals surface area contributed by atoms with E-state index in [2.05, 4.69) is 55.8 Å². The van der Waals surface area contributed by atoms with Gasteiger partial charge in [-0.25, -0.2) is 0 Å². The van der Waals surface area contributed by atoms with Gasteiger partial charge in [0, 0.05) is 6.42 Å². The minimum absolute atomic E-state index is 1.24. The summed E-state index contributed by atoms with van der Waals surface area (Å²) < 4.78 is 0. The Bertz CT molecular complexity index is 675. The smallest absolute Gasteiger partial charge is 0.0161 e. The molecule has 2 aliphatic rings. The second-order valence-electron chi connectivity index (χ2n) is 5.64. The molecule has 93 valence electrons. The minimum atomic E-state index is 1.24. The standard InChI is InChI=1S/C19H17/c1-13-10-16-12-15-8-5-9-17(15)19(18(16)11-13)14-6-3-2-4-7-14/h2-4,6-7,10-12H,5,8-9H2,1H3. The summed E-state index contributed by atoms with van der Waals surface area (Å²) in [5.74, 6) is 0. The predicted molar refractivity (Wildman–Crippen MR) is 81.0 cm³/mol. The summed E-state index contributed by atoms with van der Waals surface area (Å²) in [5.41, 5.74) is 10.2. The van der Waals surface area contributed by atoms with Crippen molar-refractivity contribution in [2.24, 2.45) is 0 Å². The molecule has 4 rings (SSSR count). The lowest BCUT2D eigenvalue weighted by Crippen LogP contribution is -1.95.